The number of hydrogen-bond donors (Lipinski definition) is 3. The molecule has 0 bridgehead atoms. The van der Waals surface area contributed by atoms with E-state index in [0.717, 1.165) is 5.56 Å². The predicted octanol–water partition coefficient (Wildman–Crippen LogP) is 4.91. The van der Waals surface area contributed by atoms with Gasteiger partial charge < -0.3 is 10.2 Å². The predicted molar refractivity (Wildman–Crippen MR) is 133 cm³/mol. The molecule has 8 nitrogen and oxygen atoms in total. The maximum absolute atomic E-state index is 13.2. The van der Waals surface area contributed by atoms with E-state index in [2.05, 4.69) is 36.1 Å². The maximum Gasteiger partial charge on any atom is 0.336 e. The Morgan fingerprint density at radius 2 is 1.74 bits per heavy atom. The van der Waals surface area contributed by atoms with Crippen molar-refractivity contribution in [3.05, 3.63) is 106 Å². The number of allylic oxidation sites excluding steroid dienone is 2. The zero-order valence-corrected chi connectivity index (χ0v) is 20.1. The van der Waals surface area contributed by atoms with E-state index in [1.165, 1.54) is 10.8 Å². The molecule has 1 aliphatic carbocycles. The van der Waals surface area contributed by atoms with E-state index in [9.17, 15) is 19.8 Å². The molecule has 35 heavy (non-hydrogen) atoms. The summed E-state index contributed by atoms with van der Waals surface area (Å²) in [4.78, 5) is 25.1. The second-order valence-electron chi connectivity index (χ2n) is 9.61. The van der Waals surface area contributed by atoms with Crippen molar-refractivity contribution in [1.29, 1.82) is 0 Å². The number of aliphatic carboxylic acids is 1. The fourth-order valence-corrected chi connectivity index (χ4v) is 4.11. The zero-order chi connectivity index (χ0) is 25.4. The molecule has 0 saturated carbocycles. The van der Waals surface area contributed by atoms with Gasteiger partial charge in [-0.25, -0.2) is 9.48 Å². The van der Waals surface area contributed by atoms with Gasteiger partial charge in [-0.2, -0.15) is 0 Å². The van der Waals surface area contributed by atoms with Gasteiger partial charge in [0, 0.05) is 0 Å². The van der Waals surface area contributed by atoms with Crippen LogP contribution in [-0.2, 0) is 10.2 Å². The first-order valence-corrected chi connectivity index (χ1v) is 11.3. The number of H-pyrrole nitrogens is 1. The summed E-state index contributed by atoms with van der Waals surface area (Å²) >= 11 is 0. The summed E-state index contributed by atoms with van der Waals surface area (Å²) in [6.07, 6.45) is 4.53. The Bertz CT molecular complexity index is 1390. The lowest BCUT2D eigenvalue weighted by atomic mass is 9.80. The Morgan fingerprint density at radius 3 is 2.34 bits per heavy atom. The lowest BCUT2D eigenvalue weighted by molar-refractivity contribution is -0.135. The molecule has 4 rings (SSSR count). The molecule has 3 aromatic rings. The number of aliphatic hydroxyl groups is 1. The molecule has 2 atom stereocenters. The number of carbonyl (C=O) groups is 1. The van der Waals surface area contributed by atoms with Gasteiger partial charge in [0.15, 0.2) is 5.69 Å². The number of aromatic nitrogens is 2. The summed E-state index contributed by atoms with van der Waals surface area (Å²) in [5.41, 5.74) is -0.162. The highest BCUT2D eigenvalue weighted by Crippen LogP contribution is 2.40. The van der Waals surface area contributed by atoms with Crippen molar-refractivity contribution >= 4 is 11.7 Å². The van der Waals surface area contributed by atoms with E-state index in [4.69, 9.17) is 0 Å². The SMILES string of the molecule is Cc1[nH]n(-c2ccc(C(C)(C)C)cc2)c(=O)c1N=NC1(O)C(C(=O)O)=CC=CC1c1ccccc1. The van der Waals surface area contributed by atoms with Crippen LogP contribution in [0, 0.1) is 6.92 Å². The number of benzene rings is 2. The lowest BCUT2D eigenvalue weighted by Crippen LogP contribution is -2.40. The monoisotopic (exact) mass is 472 g/mol. The topological polar surface area (TPSA) is 120 Å². The molecule has 1 aromatic heterocycles. The van der Waals surface area contributed by atoms with Crippen LogP contribution < -0.4 is 5.56 Å². The molecule has 0 radical (unpaired) electrons. The summed E-state index contributed by atoms with van der Waals surface area (Å²) in [5, 5.41) is 32.4. The molecule has 0 fully saturated rings. The van der Waals surface area contributed by atoms with Crippen LogP contribution in [-0.4, -0.2) is 31.7 Å². The number of hydrogen-bond acceptors (Lipinski definition) is 5. The first-order valence-electron chi connectivity index (χ1n) is 11.3. The number of aromatic amines is 1. The number of nitrogens with zero attached hydrogens (tertiary/aromatic N) is 3. The minimum Gasteiger partial charge on any atom is -0.478 e. The second-order valence-corrected chi connectivity index (χ2v) is 9.61. The third kappa shape index (κ3) is 4.52. The zero-order valence-electron chi connectivity index (χ0n) is 20.1. The number of rotatable bonds is 5. The van der Waals surface area contributed by atoms with Crippen molar-refractivity contribution in [2.45, 2.75) is 44.8 Å². The summed E-state index contributed by atoms with van der Waals surface area (Å²) in [6.45, 7) is 8.00. The average molecular weight is 473 g/mol. The van der Waals surface area contributed by atoms with Crippen molar-refractivity contribution in [3.8, 4) is 5.69 Å². The van der Waals surface area contributed by atoms with Crippen molar-refractivity contribution < 1.29 is 15.0 Å². The van der Waals surface area contributed by atoms with Crippen LogP contribution in [0.1, 0.15) is 43.5 Å². The first-order chi connectivity index (χ1) is 16.5. The van der Waals surface area contributed by atoms with Crippen LogP contribution in [0.3, 0.4) is 0 Å². The highest BCUT2D eigenvalue weighted by atomic mass is 16.4. The maximum atomic E-state index is 13.2. The molecule has 8 heteroatoms. The van der Waals surface area contributed by atoms with Crippen LogP contribution in [0.25, 0.3) is 5.69 Å². The van der Waals surface area contributed by atoms with Gasteiger partial charge >= 0.3 is 5.97 Å². The Hall–Kier alpha value is -4.04. The molecule has 0 aliphatic heterocycles. The van der Waals surface area contributed by atoms with Crippen LogP contribution in [0.5, 0.6) is 0 Å². The second kappa shape index (κ2) is 8.96. The van der Waals surface area contributed by atoms with Crippen molar-refractivity contribution in [1.82, 2.24) is 9.78 Å². The Labute approximate surface area is 203 Å². The van der Waals surface area contributed by atoms with Gasteiger partial charge in [0.2, 0.25) is 5.72 Å². The van der Waals surface area contributed by atoms with Crippen LogP contribution in [0.4, 0.5) is 5.69 Å². The van der Waals surface area contributed by atoms with Crippen molar-refractivity contribution in [2.75, 3.05) is 0 Å². The van der Waals surface area contributed by atoms with Crippen LogP contribution >= 0.6 is 0 Å². The number of carboxylic acids is 1. The van der Waals surface area contributed by atoms with E-state index in [1.807, 2.05) is 30.3 Å². The summed E-state index contributed by atoms with van der Waals surface area (Å²) in [7, 11) is 0. The lowest BCUT2D eigenvalue weighted by Gasteiger charge is -2.32. The minimum absolute atomic E-state index is 0.00979. The molecule has 2 aromatic carbocycles. The molecule has 3 N–H and O–H groups in total. The fourth-order valence-electron chi connectivity index (χ4n) is 4.11. The normalized spacial score (nSPS) is 20.3. The minimum atomic E-state index is -2.20. The smallest absolute Gasteiger partial charge is 0.336 e. The largest absolute Gasteiger partial charge is 0.478 e. The molecule has 0 amide bonds. The van der Waals surface area contributed by atoms with Crippen molar-refractivity contribution in [2.24, 2.45) is 10.2 Å². The molecular formula is C27H28N4O4. The van der Waals surface area contributed by atoms with Gasteiger partial charge in [0.05, 0.1) is 22.9 Å². The number of aryl methyl sites for hydroxylation is 1. The van der Waals surface area contributed by atoms with Gasteiger partial charge in [-0.15, -0.1) is 10.2 Å². The Morgan fingerprint density at radius 1 is 1.09 bits per heavy atom. The van der Waals surface area contributed by atoms with Gasteiger partial charge in [0.25, 0.3) is 5.56 Å². The molecule has 0 saturated heterocycles. The van der Waals surface area contributed by atoms with E-state index in [-0.39, 0.29) is 16.7 Å². The van der Waals surface area contributed by atoms with Gasteiger partial charge in [-0.05, 0) is 41.7 Å². The van der Waals surface area contributed by atoms with E-state index < -0.39 is 23.2 Å². The summed E-state index contributed by atoms with van der Waals surface area (Å²) in [6, 6.07) is 16.6. The van der Waals surface area contributed by atoms with Gasteiger partial charge in [-0.1, -0.05) is 75.4 Å². The quantitative estimate of drug-likeness (QED) is 0.457. The first kappa shape index (κ1) is 24.1. The van der Waals surface area contributed by atoms with E-state index >= 15 is 0 Å². The summed E-state index contributed by atoms with van der Waals surface area (Å²) in [5.74, 6) is -2.12. The molecule has 1 aliphatic rings. The van der Waals surface area contributed by atoms with Gasteiger partial charge in [-0.3, -0.25) is 9.89 Å². The average Bonchev–Trinajstić information content (AvgIpc) is 3.11. The highest BCUT2D eigenvalue weighted by Gasteiger charge is 2.45. The standard InChI is InChI=1S/C27H28N4O4/c1-17-23(24(32)31(29-17)20-15-13-19(14-16-20)26(2,3)4)28-30-27(35)21(18-9-6-5-7-10-18)11-8-12-22(27)25(33)34/h5-16,21,29,35H,1-4H3,(H,33,34). The molecule has 2 unspecified atom stereocenters. The number of nitrogens with one attached hydrogen (secondary N) is 1. The van der Waals surface area contributed by atoms with Crippen LogP contribution in [0.15, 0.2) is 93.4 Å². The Balaban J connectivity index is 1.75. The molecular weight excluding hydrogens is 444 g/mol. The van der Waals surface area contributed by atoms with Crippen molar-refractivity contribution in [3.63, 3.8) is 0 Å². The van der Waals surface area contributed by atoms with E-state index in [1.54, 1.807) is 43.3 Å². The van der Waals surface area contributed by atoms with Crippen LogP contribution in [0.2, 0.25) is 0 Å². The molecule has 0 spiro atoms. The number of azo groups is 1. The Kier molecular flexibility index (Phi) is 6.17. The molecule has 1 heterocycles. The van der Waals surface area contributed by atoms with E-state index in [0.29, 0.717) is 16.9 Å². The fraction of sp³-hybridized carbons (Fsp3) is 0.259. The summed E-state index contributed by atoms with van der Waals surface area (Å²) < 4.78 is 1.35. The number of carboxylic acid groups (broad SMARTS) is 1. The van der Waals surface area contributed by atoms with Gasteiger partial charge in [0.1, 0.15) is 0 Å². The third-order valence-electron chi connectivity index (χ3n) is 6.12. The third-order valence-corrected chi connectivity index (χ3v) is 6.12. The molecule has 180 valence electrons. The highest BCUT2D eigenvalue weighted by molar-refractivity contribution is 5.90.